The predicted molar refractivity (Wildman–Crippen MR) is 177 cm³/mol. The maximum atomic E-state index is 14.4. The van der Waals surface area contributed by atoms with Gasteiger partial charge in [-0.2, -0.15) is 13.2 Å². The molecule has 12 nitrogen and oxygen atoms in total. The molecule has 4 aromatic carbocycles. The van der Waals surface area contributed by atoms with Crippen LogP contribution < -0.4 is 5.32 Å². The van der Waals surface area contributed by atoms with Crippen LogP contribution in [-0.4, -0.2) is 82.8 Å². The van der Waals surface area contributed by atoms with Crippen molar-refractivity contribution in [2.24, 2.45) is 0 Å². The van der Waals surface area contributed by atoms with Gasteiger partial charge < -0.3 is 24.1 Å². The second-order valence-electron chi connectivity index (χ2n) is 11.8. The van der Waals surface area contributed by atoms with Crippen LogP contribution in [0.25, 0.3) is 0 Å². The van der Waals surface area contributed by atoms with Gasteiger partial charge in [-0.05, 0) is 36.4 Å². The Kier molecular flexibility index (Phi) is 10.4. The van der Waals surface area contributed by atoms with E-state index < -0.39 is 78.3 Å². The van der Waals surface area contributed by atoms with Crippen molar-refractivity contribution in [3.63, 3.8) is 0 Å². The monoisotopic (exact) mass is 730 g/mol. The summed E-state index contributed by atoms with van der Waals surface area (Å²) in [6, 6.07) is 27.8. The molecule has 1 fully saturated rings. The highest BCUT2D eigenvalue weighted by molar-refractivity contribution is 6.11. The van der Waals surface area contributed by atoms with Crippen molar-refractivity contribution in [1.82, 2.24) is 10.2 Å². The van der Waals surface area contributed by atoms with E-state index in [1.54, 1.807) is 42.5 Å². The summed E-state index contributed by atoms with van der Waals surface area (Å²) in [5.41, 5.74) is -5.57. The Hall–Kier alpha value is -6.32. The topological polar surface area (TPSA) is 158 Å². The molecular weight excluding hydrogens is 701 g/mol. The Morgan fingerprint density at radius 3 is 1.60 bits per heavy atom. The molecule has 2 heterocycles. The molecule has 2 amide bonds. The number of hydrogen-bond donors (Lipinski definition) is 2. The van der Waals surface area contributed by atoms with Gasteiger partial charge in [-0.15, -0.1) is 0 Å². The Morgan fingerprint density at radius 2 is 1.13 bits per heavy atom. The van der Waals surface area contributed by atoms with Gasteiger partial charge in [0.1, 0.15) is 12.7 Å². The third-order valence-electron chi connectivity index (χ3n) is 8.32. The van der Waals surface area contributed by atoms with Crippen LogP contribution in [0, 0.1) is 0 Å². The molecule has 0 saturated carbocycles. The number of nitrogens with one attached hydrogen (secondary N) is 1. The first-order valence-corrected chi connectivity index (χ1v) is 16.0. The van der Waals surface area contributed by atoms with Gasteiger partial charge in [0.2, 0.25) is 0 Å². The molecule has 2 N–H and O–H groups in total. The molecule has 6 rings (SSSR count). The summed E-state index contributed by atoms with van der Waals surface area (Å²) < 4.78 is 66.4. The molecule has 0 aliphatic carbocycles. The molecule has 0 radical (unpaired) electrons. The van der Waals surface area contributed by atoms with E-state index in [0.717, 1.165) is 0 Å². The summed E-state index contributed by atoms with van der Waals surface area (Å²) >= 11 is 0. The summed E-state index contributed by atoms with van der Waals surface area (Å²) in [7, 11) is 0. The fourth-order valence-corrected chi connectivity index (χ4v) is 5.64. The number of benzene rings is 4. The molecular formula is C38H29F3N2O10. The summed E-state index contributed by atoms with van der Waals surface area (Å²) in [6.07, 6.45) is -12.1. The third kappa shape index (κ3) is 7.66. The van der Waals surface area contributed by atoms with Crippen molar-refractivity contribution >= 4 is 29.7 Å². The summed E-state index contributed by atoms with van der Waals surface area (Å²) in [5, 5.41) is 12.3. The molecule has 2 aliphatic heterocycles. The Labute approximate surface area is 299 Å². The average Bonchev–Trinajstić information content (AvgIpc) is 3.49. The quantitative estimate of drug-likeness (QED) is 0.128. The number of Topliss-reactive ketones (excluding diaryl/α,β-unsaturated/α-hetero) is 1. The minimum atomic E-state index is -5.59. The molecule has 4 aromatic rings. The molecule has 5 atom stereocenters. The third-order valence-corrected chi connectivity index (χ3v) is 8.32. The second-order valence-corrected chi connectivity index (χ2v) is 11.8. The van der Waals surface area contributed by atoms with E-state index in [-0.39, 0.29) is 22.3 Å². The fourth-order valence-electron chi connectivity index (χ4n) is 5.64. The Morgan fingerprint density at radius 1 is 0.698 bits per heavy atom. The molecule has 272 valence electrons. The standard InChI is InChI=1S/C38H29F3N2O10/c39-38(40,41)37(49)27(29(44)23-13-5-1-6-14-23)21-43(36(48)42-37)32-31(53-35(47)26-19-11-4-12-20-26)30(52-34(46)25-17-9-3-10-18-25)28(51-32)22-50-33(45)24-15-7-2-8-16-24/h1-21,28,30-32,49H,22H2,(H,42,48)/t28-,30-,31-,32-,37?/m1/s1. The summed E-state index contributed by atoms with van der Waals surface area (Å²) in [6.45, 7) is -0.669. The maximum Gasteiger partial charge on any atom is 0.441 e. The van der Waals surface area contributed by atoms with Gasteiger partial charge in [0.05, 0.1) is 22.3 Å². The van der Waals surface area contributed by atoms with Crippen molar-refractivity contribution in [3.8, 4) is 0 Å². The highest BCUT2D eigenvalue weighted by Gasteiger charge is 2.63. The number of amides is 2. The van der Waals surface area contributed by atoms with Gasteiger partial charge in [-0.25, -0.2) is 19.2 Å². The lowest BCUT2D eigenvalue weighted by Gasteiger charge is -2.41. The van der Waals surface area contributed by atoms with Gasteiger partial charge in [0.25, 0.3) is 5.72 Å². The van der Waals surface area contributed by atoms with Gasteiger partial charge in [0.15, 0.2) is 24.2 Å². The van der Waals surface area contributed by atoms with Crippen molar-refractivity contribution in [2.75, 3.05) is 6.61 Å². The van der Waals surface area contributed by atoms with Crippen molar-refractivity contribution in [2.45, 2.75) is 36.4 Å². The number of nitrogens with zero attached hydrogens (tertiary/aromatic N) is 1. The SMILES string of the molecule is O=C(OC[C@H]1O[C@@H](N2C=C(C(=O)c3ccccc3)C(O)(C(F)(F)F)NC2=O)[C@H](OC(=O)c2ccccc2)[C@@H]1OC(=O)c1ccccc1)c1ccccc1. The van der Waals surface area contributed by atoms with Gasteiger partial charge in [-0.1, -0.05) is 84.9 Å². The highest BCUT2D eigenvalue weighted by atomic mass is 19.4. The number of aliphatic hydroxyl groups is 1. The normalized spacial score (nSPS) is 22.6. The smallest absolute Gasteiger partial charge is 0.441 e. The average molecular weight is 731 g/mol. The van der Waals surface area contributed by atoms with Crippen LogP contribution in [-0.2, 0) is 18.9 Å². The van der Waals surface area contributed by atoms with Crippen LogP contribution in [0.15, 0.2) is 133 Å². The number of carbonyl (C=O) groups excluding carboxylic acids is 5. The van der Waals surface area contributed by atoms with Crippen LogP contribution in [0.1, 0.15) is 41.4 Å². The zero-order valence-corrected chi connectivity index (χ0v) is 27.3. The lowest BCUT2D eigenvalue weighted by molar-refractivity contribution is -0.253. The second kappa shape index (κ2) is 15.1. The number of halogens is 3. The number of rotatable bonds is 10. The van der Waals surface area contributed by atoms with Crippen molar-refractivity contribution < 1.29 is 61.2 Å². The van der Waals surface area contributed by atoms with E-state index in [2.05, 4.69) is 0 Å². The van der Waals surface area contributed by atoms with Crippen LogP contribution in [0.2, 0.25) is 0 Å². The molecule has 0 aromatic heterocycles. The predicted octanol–water partition coefficient (Wildman–Crippen LogP) is 5.06. The number of esters is 3. The van der Waals surface area contributed by atoms with Crippen molar-refractivity contribution in [3.05, 3.63) is 155 Å². The lowest BCUT2D eigenvalue weighted by atomic mass is 9.92. The molecule has 1 saturated heterocycles. The molecule has 15 heteroatoms. The number of ketones is 1. The molecule has 1 unspecified atom stereocenters. The minimum Gasteiger partial charge on any atom is -0.459 e. The van der Waals surface area contributed by atoms with E-state index in [0.29, 0.717) is 11.1 Å². The van der Waals surface area contributed by atoms with E-state index in [1.165, 1.54) is 84.2 Å². The first-order chi connectivity index (χ1) is 25.4. The van der Waals surface area contributed by atoms with Crippen LogP contribution >= 0.6 is 0 Å². The number of hydrogen-bond acceptors (Lipinski definition) is 10. The van der Waals surface area contributed by atoms with E-state index in [9.17, 15) is 42.3 Å². The summed E-state index contributed by atoms with van der Waals surface area (Å²) in [5.74, 6) is -4.11. The Balaban J connectivity index is 1.43. The van der Waals surface area contributed by atoms with E-state index in [4.69, 9.17) is 18.9 Å². The van der Waals surface area contributed by atoms with Gasteiger partial charge in [-0.3, -0.25) is 15.0 Å². The van der Waals surface area contributed by atoms with Gasteiger partial charge >= 0.3 is 30.1 Å². The highest BCUT2D eigenvalue weighted by Crippen LogP contribution is 2.40. The largest absolute Gasteiger partial charge is 0.459 e. The fraction of sp³-hybridized carbons (Fsp3) is 0.184. The van der Waals surface area contributed by atoms with Crippen LogP contribution in [0.4, 0.5) is 18.0 Å². The molecule has 0 spiro atoms. The minimum absolute atomic E-state index is 0.00312. The van der Waals surface area contributed by atoms with Crippen LogP contribution in [0.5, 0.6) is 0 Å². The Bertz CT molecular complexity index is 2010. The first-order valence-electron chi connectivity index (χ1n) is 16.0. The van der Waals surface area contributed by atoms with Crippen LogP contribution in [0.3, 0.4) is 0 Å². The van der Waals surface area contributed by atoms with Crippen molar-refractivity contribution in [1.29, 1.82) is 0 Å². The maximum absolute atomic E-state index is 14.4. The molecule has 0 bridgehead atoms. The van der Waals surface area contributed by atoms with E-state index in [1.807, 2.05) is 0 Å². The summed E-state index contributed by atoms with van der Waals surface area (Å²) in [4.78, 5) is 67.4. The zero-order chi connectivity index (χ0) is 37.8. The number of alkyl halides is 3. The molecule has 53 heavy (non-hydrogen) atoms. The molecule has 2 aliphatic rings. The lowest BCUT2D eigenvalue weighted by Crippen LogP contribution is -2.67. The van der Waals surface area contributed by atoms with Gasteiger partial charge in [0, 0.05) is 11.8 Å². The number of ether oxygens (including phenoxy) is 4. The zero-order valence-electron chi connectivity index (χ0n) is 27.3. The van der Waals surface area contributed by atoms with E-state index >= 15 is 0 Å². The first kappa shape index (κ1) is 36.5. The number of urea groups is 1. The number of carbonyl (C=O) groups is 5.